The van der Waals surface area contributed by atoms with Gasteiger partial charge in [0.15, 0.2) is 0 Å². The number of aromatic nitrogens is 2. The van der Waals surface area contributed by atoms with Gasteiger partial charge in [-0.25, -0.2) is 13.1 Å². The van der Waals surface area contributed by atoms with Gasteiger partial charge >= 0.3 is 0 Å². The molecule has 1 N–H and O–H groups in total. The third-order valence-corrected chi connectivity index (χ3v) is 6.57. The lowest BCUT2D eigenvalue weighted by molar-refractivity contribution is -0.121. The van der Waals surface area contributed by atoms with Gasteiger partial charge in [-0.1, -0.05) is 30.3 Å². The predicted octanol–water partition coefficient (Wildman–Crippen LogP) is 2.76. The molecule has 0 aliphatic carbocycles. The van der Waals surface area contributed by atoms with Crippen LogP contribution in [0.15, 0.2) is 41.8 Å². The smallest absolute Gasteiger partial charge is 0.236 e. The highest BCUT2D eigenvalue weighted by molar-refractivity contribution is 7.92. The molecule has 1 aromatic heterocycles. The Balaban J connectivity index is 1.57. The van der Waals surface area contributed by atoms with Gasteiger partial charge in [-0.2, -0.15) is 14.7 Å². The minimum absolute atomic E-state index is 0.148. The van der Waals surface area contributed by atoms with Crippen LogP contribution in [0.2, 0.25) is 0 Å². The molecule has 1 fully saturated rings. The monoisotopic (exact) mass is 427 g/mol. The Morgan fingerprint density at radius 1 is 1.30 bits per heavy atom. The zero-order valence-corrected chi connectivity index (χ0v) is 17.7. The van der Waals surface area contributed by atoms with Crippen molar-refractivity contribution < 1.29 is 13.2 Å². The molecule has 3 rings (SSSR count). The summed E-state index contributed by atoms with van der Waals surface area (Å²) in [5.41, 5.74) is 1.58. The fourth-order valence-electron chi connectivity index (χ4n) is 3.39. The van der Waals surface area contributed by atoms with Crippen LogP contribution in [0.4, 0.5) is 5.82 Å². The summed E-state index contributed by atoms with van der Waals surface area (Å²) in [4.78, 5) is 12.7. The van der Waals surface area contributed by atoms with Crippen molar-refractivity contribution in [2.45, 2.75) is 32.7 Å². The van der Waals surface area contributed by atoms with Crippen LogP contribution in [0.3, 0.4) is 0 Å². The van der Waals surface area contributed by atoms with Crippen molar-refractivity contribution in [3.63, 3.8) is 0 Å². The number of hydrogen-bond acceptors (Lipinski definition) is 5. The number of sulfonamides is 1. The van der Waals surface area contributed by atoms with E-state index < -0.39 is 10.0 Å². The summed E-state index contributed by atoms with van der Waals surface area (Å²) in [5, 5.41) is 17.2. The van der Waals surface area contributed by atoms with Crippen LogP contribution in [0.25, 0.3) is 6.08 Å². The Morgan fingerprint density at radius 3 is 2.67 bits per heavy atom. The lowest BCUT2D eigenvalue weighted by atomic mass is 9.97. The molecule has 1 aliphatic rings. The number of amides is 1. The van der Waals surface area contributed by atoms with E-state index in [2.05, 4.69) is 16.5 Å². The summed E-state index contributed by atoms with van der Waals surface area (Å²) in [6.07, 6.45) is 2.79. The topological polar surface area (TPSA) is 108 Å². The summed E-state index contributed by atoms with van der Waals surface area (Å²) >= 11 is 0. The Morgan fingerprint density at radius 2 is 2.00 bits per heavy atom. The van der Waals surface area contributed by atoms with E-state index in [-0.39, 0.29) is 11.8 Å². The number of nitrogens with zero attached hydrogens (tertiary/aromatic N) is 4. The number of nitriles is 1. The van der Waals surface area contributed by atoms with E-state index in [1.54, 1.807) is 16.8 Å². The third kappa shape index (κ3) is 5.55. The highest BCUT2D eigenvalue weighted by Gasteiger charge is 2.30. The lowest BCUT2D eigenvalue weighted by Gasteiger charge is -2.29. The van der Waals surface area contributed by atoms with Gasteiger partial charge in [0.2, 0.25) is 15.9 Å². The standard InChI is InChI=1S/C21H25N5O3S/c1-17-16-20(26(24-17)12-5-11-22)23-21(27)19-8-13-25(14-9-19)30(28,29)15-10-18-6-3-2-4-7-18/h2-4,6-7,10,15-16,19H,5,8-9,12-14H2,1H3,(H,23,27)/b15-10+. The molecular formula is C21H25N5O3S. The first-order valence-corrected chi connectivity index (χ1v) is 11.3. The molecule has 0 spiro atoms. The Bertz CT molecular complexity index is 1050. The van der Waals surface area contributed by atoms with Gasteiger partial charge in [0.05, 0.1) is 24.7 Å². The number of nitrogens with one attached hydrogen (secondary N) is 1. The molecule has 158 valence electrons. The minimum atomic E-state index is -3.53. The fraction of sp³-hybridized carbons (Fsp3) is 0.381. The first-order chi connectivity index (χ1) is 14.4. The molecule has 0 unspecified atom stereocenters. The molecular weight excluding hydrogens is 402 g/mol. The quantitative estimate of drug-likeness (QED) is 0.731. The number of anilines is 1. The van der Waals surface area contributed by atoms with Gasteiger partial charge in [-0.3, -0.25) is 4.79 Å². The Hall–Kier alpha value is -2.96. The number of hydrogen-bond donors (Lipinski definition) is 1. The largest absolute Gasteiger partial charge is 0.311 e. The van der Waals surface area contributed by atoms with Crippen molar-refractivity contribution in [1.29, 1.82) is 5.26 Å². The number of aryl methyl sites for hydroxylation is 2. The van der Waals surface area contributed by atoms with Gasteiger partial charge in [0.1, 0.15) is 5.82 Å². The number of piperidine rings is 1. The van der Waals surface area contributed by atoms with Crippen molar-refractivity contribution in [3.8, 4) is 6.07 Å². The van der Waals surface area contributed by atoms with Gasteiger partial charge < -0.3 is 5.32 Å². The first kappa shape index (κ1) is 21.7. The van der Waals surface area contributed by atoms with Gasteiger partial charge in [-0.15, -0.1) is 0 Å². The van der Waals surface area contributed by atoms with Crippen LogP contribution < -0.4 is 5.32 Å². The lowest BCUT2D eigenvalue weighted by Crippen LogP contribution is -2.40. The molecule has 2 heterocycles. The van der Waals surface area contributed by atoms with Gasteiger partial charge in [0, 0.05) is 30.5 Å². The molecule has 2 aromatic rings. The molecule has 1 amide bonds. The normalized spacial score (nSPS) is 15.9. The molecule has 0 radical (unpaired) electrons. The van der Waals surface area contributed by atoms with E-state index in [1.807, 2.05) is 37.3 Å². The van der Waals surface area contributed by atoms with E-state index >= 15 is 0 Å². The van der Waals surface area contributed by atoms with Gasteiger partial charge in [-0.05, 0) is 31.4 Å². The summed E-state index contributed by atoms with van der Waals surface area (Å²) in [7, 11) is -3.53. The molecule has 0 atom stereocenters. The van der Waals surface area contributed by atoms with Gasteiger partial charge in [0.25, 0.3) is 0 Å². The van der Waals surface area contributed by atoms with Crippen molar-refractivity contribution in [1.82, 2.24) is 14.1 Å². The maximum Gasteiger partial charge on any atom is 0.236 e. The van der Waals surface area contributed by atoms with Crippen molar-refractivity contribution in [2.75, 3.05) is 18.4 Å². The molecule has 1 saturated heterocycles. The van der Waals surface area contributed by atoms with E-state index in [4.69, 9.17) is 5.26 Å². The van der Waals surface area contributed by atoms with Crippen LogP contribution in [0.1, 0.15) is 30.5 Å². The van der Waals surface area contributed by atoms with E-state index in [0.29, 0.717) is 44.7 Å². The zero-order chi connectivity index (χ0) is 21.6. The average Bonchev–Trinajstić information content (AvgIpc) is 3.10. The summed E-state index contributed by atoms with van der Waals surface area (Å²) in [6, 6.07) is 13.1. The summed E-state index contributed by atoms with van der Waals surface area (Å²) in [5.74, 6) is 0.146. The Kier molecular flexibility index (Phi) is 7.03. The molecule has 1 aromatic carbocycles. The molecule has 9 heteroatoms. The number of rotatable bonds is 7. The second-order valence-corrected chi connectivity index (χ2v) is 9.04. The molecule has 1 aliphatic heterocycles. The maximum atomic E-state index is 12.7. The van der Waals surface area contributed by atoms with Crippen molar-refractivity contribution in [2.24, 2.45) is 5.92 Å². The fourth-order valence-corrected chi connectivity index (χ4v) is 4.61. The highest BCUT2D eigenvalue weighted by atomic mass is 32.2. The van der Waals surface area contributed by atoms with Crippen LogP contribution in [-0.4, -0.2) is 41.5 Å². The third-order valence-electron chi connectivity index (χ3n) is 5.01. The molecule has 8 nitrogen and oxygen atoms in total. The second-order valence-electron chi connectivity index (χ2n) is 7.22. The van der Waals surface area contributed by atoms with E-state index in [1.165, 1.54) is 9.71 Å². The maximum absolute atomic E-state index is 12.7. The van der Waals surface area contributed by atoms with Crippen molar-refractivity contribution in [3.05, 3.63) is 53.1 Å². The number of carbonyl (C=O) groups is 1. The molecule has 0 saturated carbocycles. The zero-order valence-electron chi connectivity index (χ0n) is 16.9. The number of benzene rings is 1. The van der Waals surface area contributed by atoms with E-state index in [9.17, 15) is 13.2 Å². The SMILES string of the molecule is Cc1cc(NC(=O)C2CCN(S(=O)(=O)/C=C/c3ccccc3)CC2)n(CCC#N)n1. The van der Waals surface area contributed by atoms with Crippen LogP contribution in [0.5, 0.6) is 0 Å². The molecule has 30 heavy (non-hydrogen) atoms. The van der Waals surface area contributed by atoms with Crippen LogP contribution in [0, 0.1) is 24.2 Å². The van der Waals surface area contributed by atoms with E-state index in [0.717, 1.165) is 11.3 Å². The summed E-state index contributed by atoms with van der Waals surface area (Å²) in [6.45, 7) is 2.83. The van der Waals surface area contributed by atoms with Crippen LogP contribution in [-0.2, 0) is 21.4 Å². The second kappa shape index (κ2) is 9.69. The molecule has 0 bridgehead atoms. The Labute approximate surface area is 176 Å². The predicted molar refractivity (Wildman–Crippen MR) is 115 cm³/mol. The summed E-state index contributed by atoms with van der Waals surface area (Å²) < 4.78 is 28.2. The number of carbonyl (C=O) groups excluding carboxylic acids is 1. The highest BCUT2D eigenvalue weighted by Crippen LogP contribution is 2.23. The minimum Gasteiger partial charge on any atom is -0.311 e. The average molecular weight is 428 g/mol. The van der Waals surface area contributed by atoms with Crippen LogP contribution >= 0.6 is 0 Å². The van der Waals surface area contributed by atoms with Crippen molar-refractivity contribution >= 4 is 27.8 Å². The first-order valence-electron chi connectivity index (χ1n) is 9.84.